The molecule has 0 fully saturated rings. The molecular weight excluding hydrogens is 160 g/mol. The molecule has 1 N–H and O–H groups in total. The molecule has 66 valence electrons. The quantitative estimate of drug-likeness (QED) is 0.651. The lowest BCUT2D eigenvalue weighted by molar-refractivity contribution is 0.555. The van der Waals surface area contributed by atoms with Gasteiger partial charge in [0.2, 0.25) is 0 Å². The van der Waals surface area contributed by atoms with E-state index in [0.717, 1.165) is 24.2 Å². The summed E-state index contributed by atoms with van der Waals surface area (Å²) in [6.45, 7) is 2.90. The van der Waals surface area contributed by atoms with Crippen molar-refractivity contribution < 1.29 is 0 Å². The molecule has 0 aliphatic carbocycles. The van der Waals surface area contributed by atoms with Crippen LogP contribution in [0.2, 0.25) is 0 Å². The minimum absolute atomic E-state index is 0.304. The highest BCUT2D eigenvalue weighted by molar-refractivity contribution is 5.58. The second-order valence-electron chi connectivity index (χ2n) is 3.67. The van der Waals surface area contributed by atoms with Gasteiger partial charge in [0.1, 0.15) is 0 Å². The molecule has 0 saturated carbocycles. The molecule has 0 radical (unpaired) electrons. The van der Waals surface area contributed by atoms with E-state index in [0.29, 0.717) is 0 Å². The molecule has 1 unspecified atom stereocenters. The summed E-state index contributed by atoms with van der Waals surface area (Å²) in [5.41, 5.74) is 1.93. The van der Waals surface area contributed by atoms with Crippen LogP contribution in [0.4, 0.5) is 5.69 Å². The fourth-order valence-corrected chi connectivity index (χ4v) is 1.82. The van der Waals surface area contributed by atoms with E-state index >= 15 is 0 Å². The molecule has 1 atom stereocenters. The molecule has 2 rings (SSSR count). The number of para-hydroxylation sites is 1. The van der Waals surface area contributed by atoms with Crippen molar-refractivity contribution in [1.29, 1.82) is 5.26 Å². The maximum Gasteiger partial charge on any atom is 0.0830 e. The second kappa shape index (κ2) is 2.77. The summed E-state index contributed by atoms with van der Waals surface area (Å²) < 4.78 is 0. The van der Waals surface area contributed by atoms with Gasteiger partial charge in [-0.2, -0.15) is 5.26 Å². The van der Waals surface area contributed by atoms with Gasteiger partial charge < -0.3 is 5.32 Å². The van der Waals surface area contributed by atoms with Crippen molar-refractivity contribution in [1.82, 2.24) is 0 Å². The van der Waals surface area contributed by atoms with Crippen LogP contribution in [0.3, 0.4) is 0 Å². The van der Waals surface area contributed by atoms with Gasteiger partial charge in [-0.1, -0.05) is 18.2 Å². The number of nitrogens with one attached hydrogen (secondary N) is 1. The largest absolute Gasteiger partial charge is 0.385 e. The molecule has 2 heteroatoms. The van der Waals surface area contributed by atoms with Crippen LogP contribution in [0.1, 0.15) is 18.9 Å². The summed E-state index contributed by atoms with van der Waals surface area (Å²) in [5.74, 6) is 0. The van der Waals surface area contributed by atoms with Crippen LogP contribution in [-0.2, 0) is 5.41 Å². The van der Waals surface area contributed by atoms with E-state index in [9.17, 15) is 0 Å². The topological polar surface area (TPSA) is 35.8 Å². The number of nitriles is 1. The van der Waals surface area contributed by atoms with Crippen molar-refractivity contribution in [3.63, 3.8) is 0 Å². The van der Waals surface area contributed by atoms with E-state index in [1.807, 2.05) is 31.2 Å². The van der Waals surface area contributed by atoms with Crippen molar-refractivity contribution in [2.45, 2.75) is 18.8 Å². The third-order valence-corrected chi connectivity index (χ3v) is 2.71. The van der Waals surface area contributed by atoms with Crippen LogP contribution in [0, 0.1) is 11.3 Å². The van der Waals surface area contributed by atoms with E-state index in [-0.39, 0.29) is 5.41 Å². The van der Waals surface area contributed by atoms with Gasteiger partial charge in [0.15, 0.2) is 0 Å². The van der Waals surface area contributed by atoms with E-state index in [2.05, 4.69) is 11.4 Å². The zero-order valence-corrected chi connectivity index (χ0v) is 7.67. The molecule has 1 aromatic carbocycles. The molecular formula is C11H12N2. The smallest absolute Gasteiger partial charge is 0.0830 e. The Kier molecular flexibility index (Phi) is 1.73. The number of nitrogens with zero attached hydrogens (tertiary/aromatic N) is 1. The summed E-state index contributed by atoms with van der Waals surface area (Å²) in [7, 11) is 0. The molecule has 13 heavy (non-hydrogen) atoms. The first-order valence-electron chi connectivity index (χ1n) is 4.51. The third-order valence-electron chi connectivity index (χ3n) is 2.71. The van der Waals surface area contributed by atoms with Gasteiger partial charge in [0.25, 0.3) is 0 Å². The van der Waals surface area contributed by atoms with Crippen LogP contribution < -0.4 is 5.32 Å². The van der Waals surface area contributed by atoms with Gasteiger partial charge in [-0.15, -0.1) is 0 Å². The molecule has 0 saturated heterocycles. The van der Waals surface area contributed by atoms with Crippen LogP contribution >= 0.6 is 0 Å². The number of hydrogen-bond acceptors (Lipinski definition) is 2. The second-order valence-corrected chi connectivity index (χ2v) is 3.67. The predicted octanol–water partition coefficient (Wildman–Crippen LogP) is 2.28. The summed E-state index contributed by atoms with van der Waals surface area (Å²) in [6, 6.07) is 10.4. The number of anilines is 1. The fourth-order valence-electron chi connectivity index (χ4n) is 1.82. The van der Waals surface area contributed by atoms with Crippen molar-refractivity contribution in [3.05, 3.63) is 29.8 Å². The minimum Gasteiger partial charge on any atom is -0.385 e. The molecule has 1 aliphatic heterocycles. The number of fused-ring (bicyclic) bond motifs is 1. The summed E-state index contributed by atoms with van der Waals surface area (Å²) in [5, 5.41) is 12.4. The molecule has 0 spiro atoms. The normalized spacial score (nSPS) is 25.5. The maximum absolute atomic E-state index is 9.12. The van der Waals surface area contributed by atoms with E-state index in [1.54, 1.807) is 0 Å². The van der Waals surface area contributed by atoms with Gasteiger partial charge in [-0.05, 0) is 25.0 Å². The number of hydrogen-bond donors (Lipinski definition) is 1. The lowest BCUT2D eigenvalue weighted by atomic mass is 9.78. The molecule has 1 aliphatic rings. The first-order chi connectivity index (χ1) is 6.26. The van der Waals surface area contributed by atoms with Crippen molar-refractivity contribution in [3.8, 4) is 6.07 Å². The highest BCUT2D eigenvalue weighted by Gasteiger charge is 2.31. The predicted molar refractivity (Wildman–Crippen MR) is 52.5 cm³/mol. The summed E-state index contributed by atoms with van der Waals surface area (Å²) in [4.78, 5) is 0. The first-order valence-corrected chi connectivity index (χ1v) is 4.51. The molecule has 0 bridgehead atoms. The Morgan fingerprint density at radius 1 is 1.46 bits per heavy atom. The average molecular weight is 172 g/mol. The minimum atomic E-state index is -0.304. The maximum atomic E-state index is 9.12. The van der Waals surface area contributed by atoms with Crippen LogP contribution in [0.15, 0.2) is 24.3 Å². The van der Waals surface area contributed by atoms with E-state index in [4.69, 9.17) is 5.26 Å². The monoisotopic (exact) mass is 172 g/mol. The van der Waals surface area contributed by atoms with Gasteiger partial charge >= 0.3 is 0 Å². The summed E-state index contributed by atoms with van der Waals surface area (Å²) >= 11 is 0. The molecule has 0 aromatic heterocycles. The van der Waals surface area contributed by atoms with Gasteiger partial charge in [-0.25, -0.2) is 0 Å². The van der Waals surface area contributed by atoms with Crippen LogP contribution in [0.5, 0.6) is 0 Å². The lowest BCUT2D eigenvalue weighted by Crippen LogP contribution is -2.29. The van der Waals surface area contributed by atoms with Crippen molar-refractivity contribution >= 4 is 5.69 Å². The fraction of sp³-hybridized carbons (Fsp3) is 0.364. The molecule has 1 heterocycles. The molecule has 2 nitrogen and oxygen atoms in total. The highest BCUT2D eigenvalue weighted by atomic mass is 14.9. The van der Waals surface area contributed by atoms with Gasteiger partial charge in [0.05, 0.1) is 11.5 Å². The molecule has 0 amide bonds. The Hall–Kier alpha value is -1.49. The van der Waals surface area contributed by atoms with Crippen LogP contribution in [-0.4, -0.2) is 6.54 Å². The number of rotatable bonds is 0. The summed E-state index contributed by atoms with van der Waals surface area (Å²) in [6.07, 6.45) is 0.889. The van der Waals surface area contributed by atoms with Gasteiger partial charge in [0, 0.05) is 12.2 Å². The SMILES string of the molecule is CC1(C#N)CCNc2ccccc21. The molecule has 1 aromatic rings. The Morgan fingerprint density at radius 2 is 2.23 bits per heavy atom. The van der Waals surface area contributed by atoms with Crippen molar-refractivity contribution in [2.24, 2.45) is 0 Å². The zero-order chi connectivity index (χ0) is 9.31. The van der Waals surface area contributed by atoms with Gasteiger partial charge in [-0.3, -0.25) is 0 Å². The zero-order valence-electron chi connectivity index (χ0n) is 7.67. The highest BCUT2D eigenvalue weighted by Crippen LogP contribution is 2.35. The Morgan fingerprint density at radius 3 is 3.00 bits per heavy atom. The lowest BCUT2D eigenvalue weighted by Gasteiger charge is -2.30. The van der Waals surface area contributed by atoms with Crippen LogP contribution in [0.25, 0.3) is 0 Å². The average Bonchev–Trinajstić information content (AvgIpc) is 2.19. The Labute approximate surface area is 78.2 Å². The Bertz CT molecular complexity index is 365. The van der Waals surface area contributed by atoms with E-state index in [1.165, 1.54) is 0 Å². The van der Waals surface area contributed by atoms with E-state index < -0.39 is 0 Å². The van der Waals surface area contributed by atoms with Crippen molar-refractivity contribution in [2.75, 3.05) is 11.9 Å². The third kappa shape index (κ3) is 1.17. The number of benzene rings is 1. The standard InChI is InChI=1S/C11H12N2/c1-11(8-12)6-7-13-10-5-3-2-4-9(10)11/h2-5,13H,6-7H2,1H3. The first kappa shape index (κ1) is 8.12. The Balaban J connectivity index is 2.56.